The van der Waals surface area contributed by atoms with Crippen LogP contribution < -0.4 is 0 Å². The van der Waals surface area contributed by atoms with Gasteiger partial charge in [-0.3, -0.25) is 14.0 Å². The fourth-order valence-electron chi connectivity index (χ4n) is 3.83. The summed E-state index contributed by atoms with van der Waals surface area (Å²) in [5, 5.41) is 0. The van der Waals surface area contributed by atoms with Crippen LogP contribution in [-0.4, -0.2) is 56.7 Å². The van der Waals surface area contributed by atoms with E-state index in [2.05, 4.69) is 11.9 Å². The number of imidazole rings is 1. The maximum Gasteiger partial charge on any atom is 0.290 e. The SMILES string of the molecule is CCC1CCCCN1C(=O)c1nc(C(=O)N(CC)CC)c2ccccn12. The number of nitrogens with zero attached hydrogens (tertiary/aromatic N) is 4. The number of hydrogen-bond acceptors (Lipinski definition) is 3. The summed E-state index contributed by atoms with van der Waals surface area (Å²) in [5.74, 6) is 0.149. The van der Waals surface area contributed by atoms with E-state index in [4.69, 9.17) is 0 Å². The Morgan fingerprint density at radius 1 is 1.19 bits per heavy atom. The second-order valence-electron chi connectivity index (χ2n) is 6.77. The van der Waals surface area contributed by atoms with Crippen molar-refractivity contribution in [2.24, 2.45) is 0 Å². The molecule has 1 fully saturated rings. The van der Waals surface area contributed by atoms with Crippen LogP contribution in [0.2, 0.25) is 0 Å². The molecule has 0 spiro atoms. The minimum atomic E-state index is -0.122. The van der Waals surface area contributed by atoms with Gasteiger partial charge in [0.15, 0.2) is 5.69 Å². The minimum absolute atomic E-state index is 0.0728. The normalized spacial score (nSPS) is 17.5. The van der Waals surface area contributed by atoms with Crippen LogP contribution in [0, 0.1) is 0 Å². The number of hydrogen-bond donors (Lipinski definition) is 0. The van der Waals surface area contributed by atoms with Crippen molar-refractivity contribution in [1.29, 1.82) is 0 Å². The second-order valence-corrected chi connectivity index (χ2v) is 6.77. The summed E-state index contributed by atoms with van der Waals surface area (Å²) in [6.45, 7) is 8.02. The summed E-state index contributed by atoms with van der Waals surface area (Å²) in [6, 6.07) is 5.85. The summed E-state index contributed by atoms with van der Waals surface area (Å²) >= 11 is 0. The Hall–Kier alpha value is -2.37. The zero-order valence-electron chi connectivity index (χ0n) is 15.9. The summed E-state index contributed by atoms with van der Waals surface area (Å²) in [7, 11) is 0. The zero-order chi connectivity index (χ0) is 18.7. The first-order chi connectivity index (χ1) is 12.6. The highest BCUT2D eigenvalue weighted by Gasteiger charge is 2.31. The molecule has 140 valence electrons. The molecule has 0 radical (unpaired) electrons. The van der Waals surface area contributed by atoms with Crippen LogP contribution in [0.3, 0.4) is 0 Å². The van der Waals surface area contributed by atoms with Gasteiger partial charge >= 0.3 is 0 Å². The highest BCUT2D eigenvalue weighted by molar-refractivity contribution is 6.02. The molecule has 26 heavy (non-hydrogen) atoms. The third kappa shape index (κ3) is 3.20. The molecule has 0 bridgehead atoms. The van der Waals surface area contributed by atoms with E-state index in [1.807, 2.05) is 43.1 Å². The number of aromatic nitrogens is 2. The summed E-state index contributed by atoms with van der Waals surface area (Å²) < 4.78 is 1.76. The van der Waals surface area contributed by atoms with Crippen LogP contribution in [-0.2, 0) is 0 Å². The van der Waals surface area contributed by atoms with Crippen LogP contribution in [0.15, 0.2) is 24.4 Å². The number of amides is 2. The van der Waals surface area contributed by atoms with Crippen molar-refractivity contribution in [3.05, 3.63) is 35.9 Å². The van der Waals surface area contributed by atoms with Crippen LogP contribution in [0.4, 0.5) is 0 Å². The molecule has 3 rings (SSSR count). The lowest BCUT2D eigenvalue weighted by Crippen LogP contribution is -2.44. The predicted molar refractivity (Wildman–Crippen MR) is 101 cm³/mol. The number of likely N-dealkylation sites (tertiary alicyclic amines) is 1. The Morgan fingerprint density at radius 3 is 2.65 bits per heavy atom. The molecule has 6 nitrogen and oxygen atoms in total. The van der Waals surface area contributed by atoms with E-state index < -0.39 is 0 Å². The molecular formula is C20H28N4O2. The van der Waals surface area contributed by atoms with Gasteiger partial charge in [-0.2, -0.15) is 0 Å². The Morgan fingerprint density at radius 2 is 1.96 bits per heavy atom. The molecule has 0 aromatic carbocycles. The first-order valence-corrected chi connectivity index (χ1v) is 9.69. The molecule has 1 atom stereocenters. The number of rotatable bonds is 5. The topological polar surface area (TPSA) is 57.9 Å². The average Bonchev–Trinajstić information content (AvgIpc) is 3.08. The lowest BCUT2D eigenvalue weighted by molar-refractivity contribution is 0.0594. The molecule has 0 N–H and O–H groups in total. The van der Waals surface area contributed by atoms with Gasteiger partial charge in [-0.25, -0.2) is 4.98 Å². The number of carbonyl (C=O) groups is 2. The van der Waals surface area contributed by atoms with Crippen molar-refractivity contribution >= 4 is 17.3 Å². The molecule has 1 aliphatic rings. The van der Waals surface area contributed by atoms with Crippen LogP contribution in [0.5, 0.6) is 0 Å². The number of carbonyl (C=O) groups excluding carboxylic acids is 2. The van der Waals surface area contributed by atoms with E-state index >= 15 is 0 Å². The lowest BCUT2D eigenvalue weighted by atomic mass is 10.00. The van der Waals surface area contributed by atoms with Gasteiger partial charge < -0.3 is 9.80 Å². The molecule has 2 aromatic rings. The Balaban J connectivity index is 2.04. The van der Waals surface area contributed by atoms with E-state index in [1.165, 1.54) is 0 Å². The smallest absolute Gasteiger partial charge is 0.290 e. The Kier molecular flexibility index (Phi) is 5.59. The van der Waals surface area contributed by atoms with Crippen molar-refractivity contribution in [3.63, 3.8) is 0 Å². The predicted octanol–water partition coefficient (Wildman–Crippen LogP) is 3.22. The highest BCUT2D eigenvalue weighted by Crippen LogP contribution is 2.23. The second kappa shape index (κ2) is 7.89. The number of piperidine rings is 1. The highest BCUT2D eigenvalue weighted by atomic mass is 16.2. The molecule has 6 heteroatoms. The van der Waals surface area contributed by atoms with Gasteiger partial charge in [0.05, 0.1) is 5.52 Å². The van der Waals surface area contributed by atoms with Gasteiger partial charge in [-0.05, 0) is 51.7 Å². The number of pyridine rings is 1. The van der Waals surface area contributed by atoms with Gasteiger partial charge in [-0.15, -0.1) is 0 Å². The molecule has 1 aliphatic heterocycles. The van der Waals surface area contributed by atoms with Crippen molar-refractivity contribution in [2.45, 2.75) is 52.5 Å². The van der Waals surface area contributed by atoms with Crippen LogP contribution in [0.1, 0.15) is 67.6 Å². The summed E-state index contributed by atoms with van der Waals surface area (Å²) in [4.78, 5) is 34.3. The zero-order valence-corrected chi connectivity index (χ0v) is 15.9. The Labute approximate surface area is 154 Å². The van der Waals surface area contributed by atoms with Gasteiger partial charge in [0.1, 0.15) is 0 Å². The molecule has 0 saturated carbocycles. The maximum absolute atomic E-state index is 13.2. The van der Waals surface area contributed by atoms with E-state index in [0.29, 0.717) is 30.1 Å². The first kappa shape index (κ1) is 18.4. The van der Waals surface area contributed by atoms with Crippen LogP contribution in [0.25, 0.3) is 5.52 Å². The van der Waals surface area contributed by atoms with Crippen molar-refractivity contribution in [3.8, 4) is 0 Å². The van der Waals surface area contributed by atoms with Crippen LogP contribution >= 0.6 is 0 Å². The molecule has 0 aliphatic carbocycles. The van der Waals surface area contributed by atoms with Gasteiger partial charge in [-0.1, -0.05) is 13.0 Å². The van der Waals surface area contributed by atoms with Crippen molar-refractivity contribution in [1.82, 2.24) is 19.2 Å². The summed E-state index contributed by atoms with van der Waals surface area (Å²) in [5.41, 5.74) is 1.06. The Bertz CT molecular complexity index is 794. The quantitative estimate of drug-likeness (QED) is 0.826. The molecule has 1 saturated heterocycles. The molecule has 3 heterocycles. The van der Waals surface area contributed by atoms with Gasteiger partial charge in [0, 0.05) is 31.9 Å². The molecular weight excluding hydrogens is 328 g/mol. The van der Waals surface area contributed by atoms with E-state index in [9.17, 15) is 9.59 Å². The fraction of sp³-hybridized carbons (Fsp3) is 0.550. The minimum Gasteiger partial charge on any atom is -0.338 e. The van der Waals surface area contributed by atoms with Crippen molar-refractivity contribution in [2.75, 3.05) is 19.6 Å². The molecule has 2 aromatic heterocycles. The number of fused-ring (bicyclic) bond motifs is 1. The fourth-order valence-corrected chi connectivity index (χ4v) is 3.83. The average molecular weight is 356 g/mol. The monoisotopic (exact) mass is 356 g/mol. The largest absolute Gasteiger partial charge is 0.338 e. The summed E-state index contributed by atoms with van der Waals surface area (Å²) in [6.07, 6.45) is 5.99. The lowest BCUT2D eigenvalue weighted by Gasteiger charge is -2.34. The van der Waals surface area contributed by atoms with E-state index in [0.717, 1.165) is 32.2 Å². The molecule has 2 amide bonds. The van der Waals surface area contributed by atoms with Gasteiger partial charge in [0.25, 0.3) is 11.8 Å². The van der Waals surface area contributed by atoms with E-state index in [1.54, 1.807) is 9.30 Å². The third-order valence-electron chi connectivity index (χ3n) is 5.35. The van der Waals surface area contributed by atoms with Crippen molar-refractivity contribution < 1.29 is 9.59 Å². The maximum atomic E-state index is 13.2. The van der Waals surface area contributed by atoms with E-state index in [-0.39, 0.29) is 17.9 Å². The third-order valence-corrected chi connectivity index (χ3v) is 5.35. The standard InChI is InChI=1S/C20H28N4O2/c1-4-15-11-7-9-13-23(15)20(26)18-21-17(19(25)22(5-2)6-3)16-12-8-10-14-24(16)18/h8,10,12,14-15H,4-7,9,11,13H2,1-3H3. The first-order valence-electron chi connectivity index (χ1n) is 9.69. The van der Waals surface area contributed by atoms with Gasteiger partial charge in [0.2, 0.25) is 5.82 Å². The molecule has 1 unspecified atom stereocenters.